The van der Waals surface area contributed by atoms with Crippen molar-refractivity contribution >= 4 is 29.1 Å². The number of fused-ring (bicyclic) bond motifs is 1. The number of nitrogen functional groups attached to an aromatic ring is 1. The Morgan fingerprint density at radius 2 is 1.73 bits per heavy atom. The molecule has 2 atom stereocenters. The van der Waals surface area contributed by atoms with E-state index in [1.807, 2.05) is 0 Å². The molecule has 1 saturated heterocycles. The third-order valence-electron chi connectivity index (χ3n) is 4.47. The summed E-state index contributed by atoms with van der Waals surface area (Å²) in [4.78, 5) is 37.8. The maximum absolute atomic E-state index is 12.3. The molecule has 1 aromatic rings. The number of imide groups is 1. The third kappa shape index (κ3) is 2.56. The lowest BCUT2D eigenvalue weighted by Gasteiger charge is -2.19. The quantitative estimate of drug-likeness (QED) is 0.651. The number of nitrogens with zero attached hydrogens (tertiary/aromatic N) is 1. The molecule has 0 bridgehead atoms. The van der Waals surface area contributed by atoms with Crippen molar-refractivity contribution in [1.29, 1.82) is 0 Å². The van der Waals surface area contributed by atoms with Gasteiger partial charge < -0.3 is 11.1 Å². The molecule has 22 heavy (non-hydrogen) atoms. The van der Waals surface area contributed by atoms with Gasteiger partial charge in [-0.15, -0.1) is 0 Å². The highest BCUT2D eigenvalue weighted by molar-refractivity contribution is 6.09. The first-order chi connectivity index (χ1) is 10.6. The fourth-order valence-corrected chi connectivity index (χ4v) is 3.33. The third-order valence-corrected chi connectivity index (χ3v) is 4.47. The molecule has 1 aliphatic carbocycles. The van der Waals surface area contributed by atoms with E-state index in [0.717, 1.165) is 30.6 Å². The Kier molecular flexibility index (Phi) is 3.83. The summed E-state index contributed by atoms with van der Waals surface area (Å²) < 4.78 is 0. The van der Waals surface area contributed by atoms with Crippen LogP contribution < -0.4 is 11.1 Å². The maximum atomic E-state index is 12.3. The van der Waals surface area contributed by atoms with Crippen LogP contribution >= 0.6 is 0 Å². The van der Waals surface area contributed by atoms with Gasteiger partial charge in [-0.25, -0.2) is 0 Å². The van der Waals surface area contributed by atoms with E-state index in [1.165, 1.54) is 0 Å². The first kappa shape index (κ1) is 14.6. The Morgan fingerprint density at radius 1 is 1.14 bits per heavy atom. The Balaban J connectivity index is 1.68. The largest absolute Gasteiger partial charge is 0.397 e. The lowest BCUT2D eigenvalue weighted by Crippen LogP contribution is -2.38. The van der Waals surface area contributed by atoms with Crippen LogP contribution in [0, 0.1) is 11.8 Å². The number of benzene rings is 1. The first-order valence-corrected chi connectivity index (χ1v) is 7.57. The fourth-order valence-electron chi connectivity index (χ4n) is 3.33. The van der Waals surface area contributed by atoms with Gasteiger partial charge in [-0.1, -0.05) is 25.0 Å². The van der Waals surface area contributed by atoms with Gasteiger partial charge in [0.25, 0.3) is 0 Å². The molecule has 6 heteroatoms. The van der Waals surface area contributed by atoms with Gasteiger partial charge in [0.2, 0.25) is 17.7 Å². The number of nitrogens with two attached hydrogens (primary N) is 1. The maximum Gasteiger partial charge on any atom is 0.244 e. The van der Waals surface area contributed by atoms with Crippen LogP contribution in [0.25, 0.3) is 0 Å². The number of hydrogen-bond donors (Lipinski definition) is 2. The minimum atomic E-state index is -0.404. The zero-order chi connectivity index (χ0) is 15.7. The number of rotatable bonds is 3. The van der Waals surface area contributed by atoms with Crippen molar-refractivity contribution in [3.8, 4) is 0 Å². The van der Waals surface area contributed by atoms with Crippen molar-refractivity contribution in [2.24, 2.45) is 11.8 Å². The molecule has 2 aliphatic rings. The van der Waals surface area contributed by atoms with Crippen molar-refractivity contribution in [1.82, 2.24) is 4.90 Å². The average molecular weight is 301 g/mol. The van der Waals surface area contributed by atoms with E-state index in [9.17, 15) is 14.4 Å². The first-order valence-electron chi connectivity index (χ1n) is 7.57. The molecule has 3 N–H and O–H groups in total. The molecule has 1 aromatic carbocycles. The number of anilines is 2. The van der Waals surface area contributed by atoms with E-state index < -0.39 is 5.91 Å². The highest BCUT2D eigenvalue weighted by Crippen LogP contribution is 2.37. The zero-order valence-electron chi connectivity index (χ0n) is 12.2. The second kappa shape index (κ2) is 5.79. The van der Waals surface area contributed by atoms with Crippen molar-refractivity contribution < 1.29 is 14.4 Å². The average Bonchev–Trinajstić information content (AvgIpc) is 2.75. The summed E-state index contributed by atoms with van der Waals surface area (Å²) in [5, 5.41) is 2.65. The Hall–Kier alpha value is -2.37. The Morgan fingerprint density at radius 3 is 2.32 bits per heavy atom. The molecule has 1 heterocycles. The second-order valence-electron chi connectivity index (χ2n) is 5.90. The van der Waals surface area contributed by atoms with Crippen molar-refractivity contribution in [3.63, 3.8) is 0 Å². The molecule has 0 radical (unpaired) electrons. The van der Waals surface area contributed by atoms with E-state index in [2.05, 4.69) is 5.32 Å². The SMILES string of the molecule is Nc1ccccc1NC(=O)CN1C(=O)C2CCCCC2C1=O. The predicted molar refractivity (Wildman–Crippen MR) is 81.7 cm³/mol. The van der Waals surface area contributed by atoms with Crippen molar-refractivity contribution in [2.75, 3.05) is 17.6 Å². The van der Waals surface area contributed by atoms with E-state index in [4.69, 9.17) is 5.73 Å². The van der Waals surface area contributed by atoms with Gasteiger partial charge in [0.15, 0.2) is 0 Å². The lowest BCUT2D eigenvalue weighted by molar-refractivity contribution is -0.142. The fraction of sp³-hybridized carbons (Fsp3) is 0.438. The van der Waals surface area contributed by atoms with Crippen molar-refractivity contribution in [3.05, 3.63) is 24.3 Å². The molecule has 116 valence electrons. The summed E-state index contributed by atoms with van der Waals surface area (Å²) in [6.45, 7) is -0.237. The van der Waals surface area contributed by atoms with E-state index in [0.29, 0.717) is 11.4 Å². The van der Waals surface area contributed by atoms with Gasteiger partial charge in [-0.2, -0.15) is 0 Å². The predicted octanol–water partition coefficient (Wildman–Crippen LogP) is 1.38. The normalized spacial score (nSPS) is 24.3. The van der Waals surface area contributed by atoms with Crippen LogP contribution in [0.3, 0.4) is 0 Å². The number of carbonyl (C=O) groups is 3. The van der Waals surface area contributed by atoms with E-state index in [1.54, 1.807) is 24.3 Å². The van der Waals surface area contributed by atoms with Crippen LogP contribution in [0.4, 0.5) is 11.4 Å². The standard InChI is InChI=1S/C16H19N3O3/c17-12-7-3-4-8-13(12)18-14(20)9-19-15(21)10-5-1-2-6-11(10)16(19)22/h3-4,7-8,10-11H,1-2,5-6,9,17H2,(H,18,20). The summed E-state index contributed by atoms with van der Waals surface area (Å²) in [5.74, 6) is -1.26. The molecule has 1 saturated carbocycles. The molecule has 3 amide bonds. The van der Waals surface area contributed by atoms with Gasteiger partial charge in [0.05, 0.1) is 23.2 Å². The zero-order valence-corrected chi connectivity index (χ0v) is 12.2. The van der Waals surface area contributed by atoms with Crippen LogP contribution in [0.1, 0.15) is 25.7 Å². The summed E-state index contributed by atoms with van der Waals surface area (Å²) in [7, 11) is 0. The van der Waals surface area contributed by atoms with Crippen LogP contribution in [0.2, 0.25) is 0 Å². The molecule has 6 nitrogen and oxygen atoms in total. The van der Waals surface area contributed by atoms with Crippen LogP contribution in [0.5, 0.6) is 0 Å². The van der Waals surface area contributed by atoms with Crippen LogP contribution in [-0.4, -0.2) is 29.2 Å². The monoisotopic (exact) mass is 301 g/mol. The summed E-state index contributed by atoms with van der Waals surface area (Å²) in [6.07, 6.45) is 3.44. The second-order valence-corrected chi connectivity index (χ2v) is 5.90. The smallest absolute Gasteiger partial charge is 0.244 e. The molecule has 3 rings (SSSR count). The molecular weight excluding hydrogens is 282 g/mol. The highest BCUT2D eigenvalue weighted by Gasteiger charge is 2.48. The highest BCUT2D eigenvalue weighted by atomic mass is 16.2. The minimum absolute atomic E-state index is 0.203. The summed E-state index contributed by atoms with van der Waals surface area (Å²) >= 11 is 0. The summed E-state index contributed by atoms with van der Waals surface area (Å²) in [5.41, 5.74) is 6.70. The van der Waals surface area contributed by atoms with Gasteiger partial charge in [-0.3, -0.25) is 19.3 Å². The number of hydrogen-bond acceptors (Lipinski definition) is 4. The number of amides is 3. The molecule has 0 aromatic heterocycles. The van der Waals surface area contributed by atoms with Crippen LogP contribution in [-0.2, 0) is 14.4 Å². The number of likely N-dealkylation sites (tertiary alicyclic amines) is 1. The van der Waals surface area contributed by atoms with Gasteiger partial charge in [0.1, 0.15) is 6.54 Å². The number of carbonyl (C=O) groups excluding carboxylic acids is 3. The van der Waals surface area contributed by atoms with Gasteiger partial charge in [-0.05, 0) is 25.0 Å². The molecule has 0 spiro atoms. The van der Waals surface area contributed by atoms with E-state index in [-0.39, 0.29) is 30.2 Å². The summed E-state index contributed by atoms with van der Waals surface area (Å²) in [6, 6.07) is 6.88. The van der Waals surface area contributed by atoms with Gasteiger partial charge >= 0.3 is 0 Å². The van der Waals surface area contributed by atoms with Crippen LogP contribution in [0.15, 0.2) is 24.3 Å². The molecular formula is C16H19N3O3. The minimum Gasteiger partial charge on any atom is -0.397 e. The molecule has 2 fully saturated rings. The Labute approximate surface area is 128 Å². The number of para-hydroxylation sites is 2. The van der Waals surface area contributed by atoms with E-state index >= 15 is 0 Å². The Bertz CT molecular complexity index is 605. The van der Waals surface area contributed by atoms with Crippen molar-refractivity contribution in [2.45, 2.75) is 25.7 Å². The number of nitrogens with one attached hydrogen (secondary N) is 1. The molecule has 2 unspecified atom stereocenters. The lowest BCUT2D eigenvalue weighted by atomic mass is 9.81. The molecule has 1 aliphatic heterocycles. The van der Waals surface area contributed by atoms with Gasteiger partial charge in [0, 0.05) is 0 Å². The topological polar surface area (TPSA) is 92.5 Å².